The highest BCUT2D eigenvalue weighted by atomic mass is 79.9. The van der Waals surface area contributed by atoms with E-state index < -0.39 is 0 Å². The van der Waals surface area contributed by atoms with Gasteiger partial charge in [-0.25, -0.2) is 4.39 Å². The molecule has 1 unspecified atom stereocenters. The van der Waals surface area contributed by atoms with Crippen molar-refractivity contribution in [3.8, 4) is 0 Å². The molecular formula is C17H20BrFN2. The lowest BCUT2D eigenvalue weighted by molar-refractivity contribution is 0.628. The number of benzene rings is 2. The minimum absolute atomic E-state index is 0.182. The van der Waals surface area contributed by atoms with Crippen molar-refractivity contribution in [1.82, 2.24) is 0 Å². The lowest BCUT2D eigenvalue weighted by Gasteiger charge is -2.21. The molecule has 0 amide bonds. The fourth-order valence-corrected chi connectivity index (χ4v) is 2.68. The number of rotatable bonds is 5. The third-order valence-corrected chi connectivity index (χ3v) is 4.38. The molecule has 2 aromatic rings. The van der Waals surface area contributed by atoms with Crippen molar-refractivity contribution in [3.05, 3.63) is 58.3 Å². The Kier molecular flexibility index (Phi) is 5.37. The highest BCUT2D eigenvalue weighted by molar-refractivity contribution is 9.10. The molecule has 2 aromatic carbocycles. The van der Waals surface area contributed by atoms with Crippen molar-refractivity contribution in [1.29, 1.82) is 0 Å². The van der Waals surface area contributed by atoms with Crippen LogP contribution in [0.5, 0.6) is 0 Å². The van der Waals surface area contributed by atoms with Crippen molar-refractivity contribution >= 4 is 27.3 Å². The fourth-order valence-electron chi connectivity index (χ4n) is 2.15. The molecule has 2 nitrogen and oxygen atoms in total. The third kappa shape index (κ3) is 4.05. The van der Waals surface area contributed by atoms with Crippen LogP contribution < -0.4 is 10.6 Å². The molecule has 0 saturated carbocycles. The number of halogens is 2. The molecular weight excluding hydrogens is 331 g/mol. The maximum Gasteiger partial charge on any atom is 0.123 e. The number of nitrogens with two attached hydrogens (primary N) is 1. The van der Waals surface area contributed by atoms with Crippen molar-refractivity contribution in [2.75, 3.05) is 11.9 Å². The second-order valence-electron chi connectivity index (χ2n) is 5.18. The minimum Gasteiger partial charge on any atom is -0.345 e. The molecule has 1 atom stereocenters. The summed E-state index contributed by atoms with van der Waals surface area (Å²) in [4.78, 5) is 2.02. The van der Waals surface area contributed by atoms with Gasteiger partial charge in [0.15, 0.2) is 0 Å². The first kappa shape index (κ1) is 16.0. The van der Waals surface area contributed by atoms with E-state index in [0.29, 0.717) is 0 Å². The average molecular weight is 351 g/mol. The Labute approximate surface area is 133 Å². The van der Waals surface area contributed by atoms with E-state index in [-0.39, 0.29) is 11.9 Å². The highest BCUT2D eigenvalue weighted by Gasteiger charge is 2.09. The molecule has 0 spiro atoms. The summed E-state index contributed by atoms with van der Waals surface area (Å²) in [6, 6.07) is 12.9. The van der Waals surface area contributed by atoms with Crippen LogP contribution in [0.3, 0.4) is 0 Å². The van der Waals surface area contributed by atoms with Crippen LogP contribution in [0, 0.1) is 5.82 Å². The van der Waals surface area contributed by atoms with Gasteiger partial charge >= 0.3 is 0 Å². The van der Waals surface area contributed by atoms with Gasteiger partial charge in [-0.1, -0.05) is 28.9 Å². The second-order valence-corrected chi connectivity index (χ2v) is 6.04. The van der Waals surface area contributed by atoms with E-state index in [2.05, 4.69) is 41.1 Å². The van der Waals surface area contributed by atoms with Gasteiger partial charge in [-0.05, 0) is 54.8 Å². The van der Waals surface area contributed by atoms with Gasteiger partial charge in [0.05, 0.1) is 0 Å². The van der Waals surface area contributed by atoms with Crippen LogP contribution in [0.4, 0.5) is 15.8 Å². The van der Waals surface area contributed by atoms with Crippen LogP contribution in [0.25, 0.3) is 0 Å². The van der Waals surface area contributed by atoms with Gasteiger partial charge in [0.1, 0.15) is 5.82 Å². The number of hydrogen-bond donors (Lipinski definition) is 1. The topological polar surface area (TPSA) is 29.3 Å². The van der Waals surface area contributed by atoms with Crippen LogP contribution in [0.2, 0.25) is 0 Å². The molecule has 0 aliphatic carbocycles. The fraction of sp³-hybridized carbons (Fsp3) is 0.294. The summed E-state index contributed by atoms with van der Waals surface area (Å²) in [6.45, 7) is 2.09. The lowest BCUT2D eigenvalue weighted by Crippen LogP contribution is -2.21. The van der Waals surface area contributed by atoms with Crippen LogP contribution in [-0.4, -0.2) is 13.1 Å². The number of nitrogens with zero attached hydrogens (tertiary/aromatic N) is 1. The Morgan fingerprint density at radius 2 is 1.76 bits per heavy atom. The van der Waals surface area contributed by atoms with Gasteiger partial charge in [-0.2, -0.15) is 0 Å². The maximum absolute atomic E-state index is 13.0. The monoisotopic (exact) mass is 350 g/mol. The highest BCUT2D eigenvalue weighted by Crippen LogP contribution is 2.29. The SMILES string of the molecule is CCC(N)Cc1ccc(N(C)c2ccc(F)cc2)cc1Br. The van der Waals surface area contributed by atoms with Crippen LogP contribution in [0.15, 0.2) is 46.9 Å². The van der Waals surface area contributed by atoms with E-state index in [1.54, 1.807) is 12.1 Å². The molecule has 0 bridgehead atoms. The summed E-state index contributed by atoms with van der Waals surface area (Å²) in [7, 11) is 1.96. The van der Waals surface area contributed by atoms with Gasteiger partial charge in [0, 0.05) is 28.9 Å². The first-order valence-corrected chi connectivity index (χ1v) is 7.84. The predicted octanol–water partition coefficient (Wildman–Crippen LogP) is 4.64. The summed E-state index contributed by atoms with van der Waals surface area (Å²) in [5, 5.41) is 0. The number of anilines is 2. The van der Waals surface area contributed by atoms with Crippen molar-refractivity contribution in [2.24, 2.45) is 5.73 Å². The van der Waals surface area contributed by atoms with E-state index in [1.165, 1.54) is 17.7 Å². The Morgan fingerprint density at radius 1 is 1.14 bits per heavy atom. The summed E-state index contributed by atoms with van der Waals surface area (Å²) in [5.41, 5.74) is 9.21. The molecule has 0 heterocycles. The number of hydrogen-bond acceptors (Lipinski definition) is 2. The largest absolute Gasteiger partial charge is 0.345 e. The lowest BCUT2D eigenvalue weighted by atomic mass is 10.0. The Balaban J connectivity index is 2.21. The molecule has 0 aromatic heterocycles. The van der Waals surface area contributed by atoms with Crippen molar-refractivity contribution in [2.45, 2.75) is 25.8 Å². The molecule has 0 aliphatic heterocycles. The summed E-state index contributed by atoms with van der Waals surface area (Å²) in [6.07, 6.45) is 1.82. The van der Waals surface area contributed by atoms with Crippen molar-refractivity contribution in [3.63, 3.8) is 0 Å². The first-order valence-electron chi connectivity index (χ1n) is 7.04. The Hall–Kier alpha value is -1.39. The zero-order chi connectivity index (χ0) is 15.4. The molecule has 21 heavy (non-hydrogen) atoms. The summed E-state index contributed by atoms with van der Waals surface area (Å²) in [5.74, 6) is -0.225. The zero-order valence-electron chi connectivity index (χ0n) is 12.3. The van der Waals surface area contributed by atoms with Gasteiger partial charge < -0.3 is 10.6 Å². The Bertz CT molecular complexity index is 598. The van der Waals surface area contributed by atoms with Gasteiger partial charge in [-0.15, -0.1) is 0 Å². The molecule has 4 heteroatoms. The molecule has 2 rings (SSSR count). The summed E-state index contributed by atoms with van der Waals surface area (Å²) >= 11 is 3.62. The zero-order valence-corrected chi connectivity index (χ0v) is 13.9. The smallest absolute Gasteiger partial charge is 0.123 e. The quantitative estimate of drug-likeness (QED) is 0.851. The predicted molar refractivity (Wildman–Crippen MR) is 90.6 cm³/mol. The van der Waals surface area contributed by atoms with E-state index in [1.807, 2.05) is 11.9 Å². The van der Waals surface area contributed by atoms with E-state index in [9.17, 15) is 4.39 Å². The van der Waals surface area contributed by atoms with E-state index in [4.69, 9.17) is 5.73 Å². The Morgan fingerprint density at radius 3 is 2.33 bits per heavy atom. The normalized spacial score (nSPS) is 12.2. The maximum atomic E-state index is 13.0. The first-order chi connectivity index (χ1) is 10.0. The van der Waals surface area contributed by atoms with Gasteiger partial charge in [0.2, 0.25) is 0 Å². The van der Waals surface area contributed by atoms with Gasteiger partial charge in [0.25, 0.3) is 0 Å². The molecule has 0 fully saturated rings. The van der Waals surface area contributed by atoms with Crippen LogP contribution >= 0.6 is 15.9 Å². The van der Waals surface area contributed by atoms with E-state index >= 15 is 0 Å². The van der Waals surface area contributed by atoms with Crippen LogP contribution in [-0.2, 0) is 6.42 Å². The molecule has 0 saturated heterocycles. The summed E-state index contributed by atoms with van der Waals surface area (Å²) < 4.78 is 14.0. The standard InChI is InChI=1S/C17H20BrFN2/c1-3-14(20)10-12-4-7-16(11-17(12)18)21(2)15-8-5-13(19)6-9-15/h4-9,11,14H,3,10,20H2,1-2H3. The molecule has 0 radical (unpaired) electrons. The van der Waals surface area contributed by atoms with Crippen molar-refractivity contribution < 1.29 is 4.39 Å². The molecule has 112 valence electrons. The average Bonchev–Trinajstić information content (AvgIpc) is 2.49. The third-order valence-electron chi connectivity index (χ3n) is 3.64. The molecule has 0 aliphatic rings. The second kappa shape index (κ2) is 7.05. The van der Waals surface area contributed by atoms with Crippen LogP contribution in [0.1, 0.15) is 18.9 Å². The molecule has 2 N–H and O–H groups in total. The van der Waals surface area contributed by atoms with E-state index in [0.717, 1.165) is 28.7 Å². The minimum atomic E-state index is -0.225. The van der Waals surface area contributed by atoms with Gasteiger partial charge in [-0.3, -0.25) is 0 Å².